The zero-order chi connectivity index (χ0) is 19.3. The number of esters is 1. The molecule has 10 heteroatoms. The smallest absolute Gasteiger partial charge is 0.359 e. The van der Waals surface area contributed by atoms with Crippen molar-refractivity contribution < 1.29 is 9.53 Å². The largest absolute Gasteiger partial charge is 0.464 e. The molecule has 4 rings (SSSR count). The third kappa shape index (κ3) is 3.05. The first-order chi connectivity index (χ1) is 12.9. The maximum Gasteiger partial charge on any atom is 0.359 e. The molecule has 138 valence electrons. The molecule has 1 aromatic carbocycles. The monoisotopic (exact) mass is 557 g/mol. The molecule has 0 aliphatic heterocycles. The van der Waals surface area contributed by atoms with Gasteiger partial charge in [-0.1, -0.05) is 6.07 Å². The van der Waals surface area contributed by atoms with E-state index in [0.717, 1.165) is 43.4 Å². The predicted molar refractivity (Wildman–Crippen MR) is 119 cm³/mol. The Labute approximate surface area is 177 Å². The number of benzene rings is 1. The van der Waals surface area contributed by atoms with Gasteiger partial charge in [-0.3, -0.25) is 4.68 Å². The van der Waals surface area contributed by atoms with E-state index in [0.29, 0.717) is 12.1 Å². The van der Waals surface area contributed by atoms with Gasteiger partial charge in [0.25, 0.3) is 0 Å². The van der Waals surface area contributed by atoms with Crippen LogP contribution in [0.25, 0.3) is 33.1 Å². The number of nitrogens with zero attached hydrogens (tertiary/aromatic N) is 5. The number of carbonyl (C=O) groups excluding carboxylic acids is 1. The van der Waals surface area contributed by atoms with Crippen LogP contribution in [0.3, 0.4) is 0 Å². The highest BCUT2D eigenvalue weighted by Gasteiger charge is 2.20. The van der Waals surface area contributed by atoms with Crippen molar-refractivity contribution in [2.24, 2.45) is 7.05 Å². The van der Waals surface area contributed by atoms with Crippen molar-refractivity contribution in [2.75, 3.05) is 7.11 Å². The third-order valence-corrected chi connectivity index (χ3v) is 6.65. The van der Waals surface area contributed by atoms with E-state index in [-0.39, 0.29) is 0 Å². The Kier molecular flexibility index (Phi) is 4.94. The summed E-state index contributed by atoms with van der Waals surface area (Å²) < 4.78 is 9.29. The van der Waals surface area contributed by atoms with E-state index in [1.807, 2.05) is 42.7 Å². The van der Waals surface area contributed by atoms with Gasteiger partial charge in [0.2, 0.25) is 0 Å². The first-order valence-electron chi connectivity index (χ1n) is 7.92. The third-order valence-electron chi connectivity index (χ3n) is 4.39. The Bertz CT molecular complexity index is 1220. The second-order valence-electron chi connectivity index (χ2n) is 5.97. The number of hydrogen-bond acceptors (Lipinski definition) is 5. The molecule has 0 bridgehead atoms. The van der Waals surface area contributed by atoms with Gasteiger partial charge in [0.05, 0.1) is 30.2 Å². The SMILES string of the molecule is COC(=O)c1nn(C)c2ccc(-c3nn(PI)c4c(C)nc(Br)cc34)cc12. The zero-order valence-corrected chi connectivity index (χ0v) is 19.4. The summed E-state index contributed by atoms with van der Waals surface area (Å²) in [5.41, 5.74) is 4.85. The molecule has 0 aliphatic carbocycles. The maximum absolute atomic E-state index is 12.1. The molecule has 7 nitrogen and oxygen atoms in total. The summed E-state index contributed by atoms with van der Waals surface area (Å²) in [7, 11) is 3.17. The number of aromatic nitrogens is 5. The van der Waals surface area contributed by atoms with Crippen molar-refractivity contribution in [3.05, 3.63) is 40.3 Å². The highest BCUT2D eigenvalue weighted by Crippen LogP contribution is 2.37. The van der Waals surface area contributed by atoms with Crippen LogP contribution in [-0.2, 0) is 11.8 Å². The molecule has 1 unspecified atom stereocenters. The number of fused-ring (bicyclic) bond motifs is 2. The van der Waals surface area contributed by atoms with Gasteiger partial charge in [0.1, 0.15) is 10.3 Å². The normalized spacial score (nSPS) is 11.9. The first-order valence-corrected chi connectivity index (χ1v) is 12.8. The van der Waals surface area contributed by atoms with Crippen LogP contribution in [0.15, 0.2) is 28.9 Å². The number of methoxy groups -OCH3 is 1. The van der Waals surface area contributed by atoms with Gasteiger partial charge in [0.15, 0.2) is 5.69 Å². The fraction of sp³-hybridized carbons (Fsp3) is 0.176. The van der Waals surface area contributed by atoms with E-state index in [1.165, 1.54) is 7.11 Å². The van der Waals surface area contributed by atoms with Gasteiger partial charge >= 0.3 is 5.97 Å². The van der Waals surface area contributed by atoms with Gasteiger partial charge in [-0.15, -0.1) is 0 Å². The lowest BCUT2D eigenvalue weighted by Crippen LogP contribution is -2.03. The van der Waals surface area contributed by atoms with Gasteiger partial charge in [-0.05, 0) is 63.1 Å². The van der Waals surface area contributed by atoms with Crippen molar-refractivity contribution >= 4 is 72.1 Å². The van der Waals surface area contributed by atoms with Crippen molar-refractivity contribution in [1.29, 1.82) is 0 Å². The van der Waals surface area contributed by atoms with Crippen molar-refractivity contribution in [1.82, 2.24) is 24.3 Å². The van der Waals surface area contributed by atoms with Crippen molar-refractivity contribution in [3.63, 3.8) is 0 Å². The number of pyridine rings is 1. The molecule has 4 aromatic rings. The van der Waals surface area contributed by atoms with Gasteiger partial charge in [0, 0.05) is 23.4 Å². The van der Waals surface area contributed by atoms with E-state index in [4.69, 9.17) is 9.84 Å². The maximum atomic E-state index is 12.1. The van der Waals surface area contributed by atoms with Crippen molar-refractivity contribution in [3.8, 4) is 11.3 Å². The van der Waals surface area contributed by atoms with Crippen LogP contribution in [0.1, 0.15) is 16.2 Å². The fourth-order valence-corrected chi connectivity index (χ4v) is 5.26. The van der Waals surface area contributed by atoms with E-state index in [1.54, 1.807) is 4.68 Å². The molecule has 27 heavy (non-hydrogen) atoms. The number of ether oxygens (including phenoxy) is 1. The fourth-order valence-electron chi connectivity index (χ4n) is 3.21. The molecule has 0 saturated carbocycles. The summed E-state index contributed by atoms with van der Waals surface area (Å²) >= 11 is 5.79. The lowest BCUT2D eigenvalue weighted by molar-refractivity contribution is 0.0595. The standard InChI is InChI=1S/C17H14BrIN5O2P/c1-8-16-11(7-13(18)20-8)14(22-24(16)27-19)9-4-5-12-10(6-9)15(17(25)26-3)21-23(12)2/h4-7,27H,1-3H3. The summed E-state index contributed by atoms with van der Waals surface area (Å²) in [4.78, 5) is 16.6. The Morgan fingerprint density at radius 3 is 2.74 bits per heavy atom. The Morgan fingerprint density at radius 2 is 2.04 bits per heavy atom. The van der Waals surface area contributed by atoms with Crippen LogP contribution in [0, 0.1) is 6.92 Å². The van der Waals surface area contributed by atoms with E-state index in [2.05, 4.69) is 48.1 Å². The van der Waals surface area contributed by atoms with Gasteiger partial charge < -0.3 is 4.74 Å². The average Bonchev–Trinajstić information content (AvgIpc) is 3.19. The van der Waals surface area contributed by atoms with E-state index in [9.17, 15) is 4.79 Å². The average molecular weight is 558 g/mol. The molecule has 0 radical (unpaired) electrons. The minimum Gasteiger partial charge on any atom is -0.464 e. The summed E-state index contributed by atoms with van der Waals surface area (Å²) in [5, 5.41) is 10.9. The van der Waals surface area contributed by atoms with E-state index >= 15 is 0 Å². The van der Waals surface area contributed by atoms with E-state index < -0.39 is 5.97 Å². The minimum absolute atomic E-state index is 0.301. The van der Waals surface area contributed by atoms with Crippen molar-refractivity contribution in [2.45, 2.75) is 6.92 Å². The molecular weight excluding hydrogens is 544 g/mol. The molecule has 3 aromatic heterocycles. The molecule has 0 N–H and O–H groups in total. The van der Waals surface area contributed by atoms with Gasteiger partial charge in [-0.25, -0.2) is 14.2 Å². The van der Waals surface area contributed by atoms with Crippen LogP contribution in [-0.4, -0.2) is 37.4 Å². The van der Waals surface area contributed by atoms with Crippen LogP contribution >= 0.6 is 44.3 Å². The minimum atomic E-state index is -0.454. The second kappa shape index (κ2) is 7.10. The molecule has 1 atom stereocenters. The number of rotatable bonds is 3. The van der Waals surface area contributed by atoms with Crippen LogP contribution in [0.4, 0.5) is 0 Å². The summed E-state index contributed by atoms with van der Waals surface area (Å²) in [5.74, 6) is -0.454. The quantitative estimate of drug-likeness (QED) is 0.159. The number of hydrogen-bond donors (Lipinski definition) is 0. The summed E-state index contributed by atoms with van der Waals surface area (Å²) in [6, 6.07) is 7.87. The lowest BCUT2D eigenvalue weighted by atomic mass is 10.0. The molecule has 0 saturated heterocycles. The van der Waals surface area contributed by atoms with Gasteiger partial charge in [-0.2, -0.15) is 10.2 Å². The second-order valence-corrected chi connectivity index (χ2v) is 8.82. The highest BCUT2D eigenvalue weighted by molar-refractivity contribution is 14.2. The highest BCUT2D eigenvalue weighted by atomic mass is 127. The number of halogens is 2. The Hall–Kier alpha value is -1.58. The van der Waals surface area contributed by atoms with Crippen LogP contribution in [0.5, 0.6) is 0 Å². The molecule has 0 aliphatic rings. The molecule has 3 heterocycles. The zero-order valence-electron chi connectivity index (χ0n) is 14.6. The number of carbonyl (C=O) groups is 1. The van der Waals surface area contributed by atoms with Crippen LogP contribution < -0.4 is 0 Å². The predicted octanol–water partition coefficient (Wildman–Crippen LogP) is 4.63. The summed E-state index contributed by atoms with van der Waals surface area (Å²) in [6.45, 7) is 1.98. The molecular formula is C17H14BrIN5O2P. The lowest BCUT2D eigenvalue weighted by Gasteiger charge is -2.02. The molecule has 0 fully saturated rings. The van der Waals surface area contributed by atoms with Crippen LogP contribution in [0.2, 0.25) is 0 Å². The molecule has 0 amide bonds. The summed E-state index contributed by atoms with van der Waals surface area (Å²) in [6.07, 6.45) is 0.451. The molecule has 0 spiro atoms. The Morgan fingerprint density at radius 1 is 1.26 bits per heavy atom. The first kappa shape index (κ1) is 18.8. The number of aryl methyl sites for hydroxylation is 2. The topological polar surface area (TPSA) is 74.8 Å². The Balaban J connectivity index is 2.01.